The second kappa shape index (κ2) is 4.92. The lowest BCUT2D eigenvalue weighted by atomic mass is 10.3. The predicted octanol–water partition coefficient (Wildman–Crippen LogP) is 1.98. The van der Waals surface area contributed by atoms with Crippen molar-refractivity contribution in [3.8, 4) is 0 Å². The van der Waals surface area contributed by atoms with Crippen LogP contribution in [0.1, 0.15) is 23.0 Å². The molecular weight excluding hydrogens is 323 g/mol. The molecule has 0 saturated heterocycles. The van der Waals surface area contributed by atoms with E-state index in [1.807, 2.05) is 30.9 Å². The molecule has 7 nitrogen and oxygen atoms in total. The highest BCUT2D eigenvalue weighted by Gasteiger charge is 2.39. The average Bonchev–Trinajstić information content (AvgIpc) is 3.07. The number of rotatable bonds is 1. The Labute approximate surface area is 134 Å². The third-order valence-corrected chi connectivity index (χ3v) is 3.99. The first-order valence-corrected chi connectivity index (χ1v) is 7.41. The van der Waals surface area contributed by atoms with Crippen molar-refractivity contribution in [1.29, 1.82) is 0 Å². The normalized spacial score (nSPS) is 15.1. The lowest BCUT2D eigenvalue weighted by Crippen LogP contribution is -2.36. The lowest BCUT2D eigenvalue weighted by Gasteiger charge is -2.30. The second-order valence-corrected chi connectivity index (χ2v) is 5.82. The molecule has 0 aliphatic carbocycles. The number of aryl methyl sites for hydroxylation is 2. The summed E-state index contributed by atoms with van der Waals surface area (Å²) in [5.41, 5.74) is 2.36. The molecule has 0 unspecified atom stereocenters. The molecule has 0 bridgehead atoms. The summed E-state index contributed by atoms with van der Waals surface area (Å²) in [5.74, 6) is 0.136. The van der Waals surface area contributed by atoms with Gasteiger partial charge in [0.15, 0.2) is 11.5 Å². The van der Waals surface area contributed by atoms with Crippen LogP contribution in [-0.4, -0.2) is 35.9 Å². The number of anilines is 1. The van der Waals surface area contributed by atoms with E-state index in [4.69, 9.17) is 0 Å². The maximum absolute atomic E-state index is 12.9. The number of hydrogen-bond acceptors (Lipinski definition) is 5. The predicted molar refractivity (Wildman–Crippen MR) is 78.5 cm³/mol. The standard InChI is InChI=1S/C14H14F3N7/c1-8-6-12(24-10(18-8)5-9(2)21-24)22-3-4-23-11(7-22)19-20-13(23)14(15,16)17/h5-6H,3-4,7H2,1-2H3. The maximum atomic E-state index is 12.9. The van der Waals surface area contributed by atoms with E-state index in [0.717, 1.165) is 21.8 Å². The van der Waals surface area contributed by atoms with Crippen LogP contribution in [0.25, 0.3) is 5.65 Å². The minimum atomic E-state index is -4.49. The molecule has 10 heteroatoms. The number of hydrogen-bond donors (Lipinski definition) is 0. The molecule has 1 aliphatic heterocycles. The molecule has 24 heavy (non-hydrogen) atoms. The third kappa shape index (κ3) is 2.29. The minimum absolute atomic E-state index is 0.167. The van der Waals surface area contributed by atoms with E-state index in [1.54, 1.807) is 4.52 Å². The van der Waals surface area contributed by atoms with Gasteiger partial charge >= 0.3 is 6.18 Å². The zero-order valence-corrected chi connectivity index (χ0v) is 13.0. The monoisotopic (exact) mass is 337 g/mol. The molecule has 0 aromatic carbocycles. The van der Waals surface area contributed by atoms with Crippen LogP contribution >= 0.6 is 0 Å². The SMILES string of the molecule is Cc1cc(N2CCn3c(nnc3C(F)(F)F)C2)n2nc(C)cc2n1. The summed E-state index contributed by atoms with van der Waals surface area (Å²) < 4.78 is 41.6. The Balaban J connectivity index is 1.74. The molecule has 0 radical (unpaired) electrons. The van der Waals surface area contributed by atoms with Gasteiger partial charge in [-0.3, -0.25) is 0 Å². The molecule has 4 rings (SSSR count). The average molecular weight is 337 g/mol. The van der Waals surface area contributed by atoms with Crippen LogP contribution in [0.5, 0.6) is 0 Å². The number of alkyl halides is 3. The lowest BCUT2D eigenvalue weighted by molar-refractivity contribution is -0.147. The number of aromatic nitrogens is 6. The second-order valence-electron chi connectivity index (χ2n) is 5.82. The first kappa shape index (κ1) is 14.9. The number of nitrogens with zero attached hydrogens (tertiary/aromatic N) is 7. The molecule has 0 atom stereocenters. The summed E-state index contributed by atoms with van der Waals surface area (Å²) in [4.78, 5) is 6.37. The van der Waals surface area contributed by atoms with Crippen molar-refractivity contribution in [3.63, 3.8) is 0 Å². The number of fused-ring (bicyclic) bond motifs is 2. The Morgan fingerprint density at radius 2 is 1.83 bits per heavy atom. The van der Waals surface area contributed by atoms with Crippen LogP contribution < -0.4 is 4.90 Å². The van der Waals surface area contributed by atoms with Gasteiger partial charge in [0.1, 0.15) is 5.82 Å². The van der Waals surface area contributed by atoms with E-state index in [-0.39, 0.29) is 13.1 Å². The highest BCUT2D eigenvalue weighted by atomic mass is 19.4. The van der Waals surface area contributed by atoms with Crippen LogP contribution in [0.15, 0.2) is 12.1 Å². The van der Waals surface area contributed by atoms with E-state index in [1.165, 1.54) is 0 Å². The van der Waals surface area contributed by atoms with Crippen molar-refractivity contribution < 1.29 is 13.2 Å². The van der Waals surface area contributed by atoms with Crippen molar-refractivity contribution in [3.05, 3.63) is 35.2 Å². The van der Waals surface area contributed by atoms with E-state index in [0.29, 0.717) is 18.0 Å². The molecule has 0 saturated carbocycles. The van der Waals surface area contributed by atoms with Crippen LogP contribution in [0, 0.1) is 13.8 Å². The van der Waals surface area contributed by atoms with Gasteiger partial charge in [-0.25, -0.2) is 4.98 Å². The molecule has 3 aromatic rings. The van der Waals surface area contributed by atoms with Gasteiger partial charge in [-0.2, -0.15) is 22.8 Å². The smallest absolute Gasteiger partial charge is 0.347 e. The topological polar surface area (TPSA) is 64.1 Å². The molecule has 0 spiro atoms. The maximum Gasteiger partial charge on any atom is 0.451 e. The highest BCUT2D eigenvalue weighted by molar-refractivity contribution is 5.52. The third-order valence-electron chi connectivity index (χ3n) is 3.99. The van der Waals surface area contributed by atoms with Gasteiger partial charge in [0.25, 0.3) is 0 Å². The molecule has 0 N–H and O–H groups in total. The van der Waals surface area contributed by atoms with Crippen molar-refractivity contribution in [2.75, 3.05) is 11.4 Å². The molecule has 0 fully saturated rings. The summed E-state index contributed by atoms with van der Waals surface area (Å²) in [6.45, 7) is 4.56. The van der Waals surface area contributed by atoms with E-state index < -0.39 is 12.0 Å². The van der Waals surface area contributed by atoms with Gasteiger partial charge in [-0.1, -0.05) is 0 Å². The van der Waals surface area contributed by atoms with Gasteiger partial charge in [-0.05, 0) is 13.8 Å². The highest BCUT2D eigenvalue weighted by Crippen LogP contribution is 2.30. The fraction of sp³-hybridized carbons (Fsp3) is 0.429. The van der Waals surface area contributed by atoms with Gasteiger partial charge in [0.05, 0.1) is 12.2 Å². The van der Waals surface area contributed by atoms with E-state index in [2.05, 4.69) is 20.3 Å². The van der Waals surface area contributed by atoms with Crippen molar-refractivity contribution in [1.82, 2.24) is 29.4 Å². The van der Waals surface area contributed by atoms with Gasteiger partial charge in [0, 0.05) is 30.9 Å². The van der Waals surface area contributed by atoms with Gasteiger partial charge < -0.3 is 9.47 Å². The zero-order chi connectivity index (χ0) is 17.1. The molecule has 4 heterocycles. The van der Waals surface area contributed by atoms with Crippen molar-refractivity contribution in [2.24, 2.45) is 0 Å². The van der Waals surface area contributed by atoms with Crippen molar-refractivity contribution >= 4 is 11.5 Å². The first-order valence-electron chi connectivity index (χ1n) is 7.41. The first-order chi connectivity index (χ1) is 11.3. The van der Waals surface area contributed by atoms with Gasteiger partial charge in [-0.15, -0.1) is 10.2 Å². The fourth-order valence-electron chi connectivity index (χ4n) is 2.98. The van der Waals surface area contributed by atoms with Crippen LogP contribution in [-0.2, 0) is 19.3 Å². The Hall–Kier alpha value is -2.65. The summed E-state index contributed by atoms with van der Waals surface area (Å²) in [6, 6.07) is 3.74. The zero-order valence-electron chi connectivity index (χ0n) is 13.0. The summed E-state index contributed by atoms with van der Waals surface area (Å²) in [5, 5.41) is 11.4. The molecule has 1 aliphatic rings. The molecule has 3 aromatic heterocycles. The molecule has 126 valence electrons. The van der Waals surface area contributed by atoms with Crippen LogP contribution in [0.3, 0.4) is 0 Å². The van der Waals surface area contributed by atoms with Gasteiger partial charge in [0.2, 0.25) is 5.82 Å². The van der Waals surface area contributed by atoms with E-state index in [9.17, 15) is 13.2 Å². The molecular formula is C14H14F3N7. The summed E-state index contributed by atoms with van der Waals surface area (Å²) >= 11 is 0. The Morgan fingerprint density at radius 1 is 1.04 bits per heavy atom. The van der Waals surface area contributed by atoms with Crippen LogP contribution in [0.4, 0.5) is 19.0 Å². The Morgan fingerprint density at radius 3 is 2.58 bits per heavy atom. The largest absolute Gasteiger partial charge is 0.451 e. The summed E-state index contributed by atoms with van der Waals surface area (Å²) in [6.07, 6.45) is -4.49. The quantitative estimate of drug-likeness (QED) is 0.679. The summed E-state index contributed by atoms with van der Waals surface area (Å²) in [7, 11) is 0. The minimum Gasteiger partial charge on any atom is -0.347 e. The fourth-order valence-corrected chi connectivity index (χ4v) is 2.98. The van der Waals surface area contributed by atoms with Crippen molar-refractivity contribution in [2.45, 2.75) is 33.1 Å². The Bertz CT molecular complexity index is 924. The number of halogens is 3. The molecule has 0 amide bonds. The van der Waals surface area contributed by atoms with Crippen LogP contribution in [0.2, 0.25) is 0 Å². The Kier molecular flexibility index (Phi) is 3.06. The van der Waals surface area contributed by atoms with E-state index >= 15 is 0 Å².